The Balaban J connectivity index is 4.38. The van der Waals surface area contributed by atoms with E-state index in [4.69, 9.17) is 4.55 Å². The highest BCUT2D eigenvalue weighted by atomic mass is 32.2. The Bertz CT molecular complexity index is 330. The zero-order chi connectivity index (χ0) is 13.0. The summed E-state index contributed by atoms with van der Waals surface area (Å²) in [5.41, 5.74) is -1.01. The predicted octanol–water partition coefficient (Wildman–Crippen LogP) is -0.0700. The largest absolute Gasteiger partial charge is 0.390 e. The van der Waals surface area contributed by atoms with Crippen molar-refractivity contribution in [1.29, 1.82) is 0 Å². The first-order valence-electron chi connectivity index (χ1n) is 4.94. The van der Waals surface area contributed by atoms with Crippen molar-refractivity contribution >= 4 is 16.0 Å². The lowest BCUT2D eigenvalue weighted by Gasteiger charge is -2.25. The highest BCUT2D eigenvalue weighted by molar-refractivity contribution is 7.85. The van der Waals surface area contributed by atoms with E-state index in [2.05, 4.69) is 5.32 Å². The number of carbonyl (C=O) groups excluding carboxylic acids is 1. The predicted molar refractivity (Wildman–Crippen MR) is 59.6 cm³/mol. The lowest BCUT2D eigenvalue weighted by Crippen LogP contribution is -2.40. The van der Waals surface area contributed by atoms with Gasteiger partial charge in [0.25, 0.3) is 10.1 Å². The second-order valence-corrected chi connectivity index (χ2v) is 6.06. The Morgan fingerprint density at radius 2 is 1.94 bits per heavy atom. The Morgan fingerprint density at radius 3 is 2.25 bits per heavy atom. The molecule has 6 nitrogen and oxygen atoms in total. The van der Waals surface area contributed by atoms with E-state index in [-0.39, 0.29) is 18.7 Å². The zero-order valence-corrected chi connectivity index (χ0v) is 10.5. The molecule has 1 atom stereocenters. The average Bonchev–Trinajstić information content (AvgIpc) is 1.94. The minimum Gasteiger partial charge on any atom is -0.390 e. The fraction of sp³-hybridized carbons (Fsp3) is 0.889. The van der Waals surface area contributed by atoms with Crippen LogP contribution in [0.25, 0.3) is 0 Å². The molecule has 7 heteroatoms. The maximum Gasteiger partial charge on any atom is 0.264 e. The topological polar surface area (TPSA) is 104 Å². The Morgan fingerprint density at radius 1 is 1.44 bits per heavy atom. The Labute approximate surface area is 95.8 Å². The Kier molecular flexibility index (Phi) is 5.37. The summed E-state index contributed by atoms with van der Waals surface area (Å²) in [6.45, 7) is 4.44. The summed E-state index contributed by atoms with van der Waals surface area (Å²) in [7, 11) is -4.04. The van der Waals surface area contributed by atoms with Crippen molar-refractivity contribution in [2.45, 2.75) is 45.3 Å². The standard InChI is InChI=1S/C9H19NO5S/c1-7(11)10-8(6-9(2,3)12)4-5-16(13,14)15/h8,12H,4-6H2,1-3H3,(H,10,11)(H,13,14,15). The normalized spacial score (nSPS) is 14.6. The summed E-state index contributed by atoms with van der Waals surface area (Å²) in [5, 5.41) is 12.1. The summed E-state index contributed by atoms with van der Waals surface area (Å²) >= 11 is 0. The first kappa shape index (κ1) is 15.3. The molecule has 0 fully saturated rings. The third-order valence-corrected chi connectivity index (χ3v) is 2.63. The van der Waals surface area contributed by atoms with Crippen LogP contribution < -0.4 is 5.32 Å². The van der Waals surface area contributed by atoms with E-state index in [0.29, 0.717) is 0 Å². The second-order valence-electron chi connectivity index (χ2n) is 4.49. The van der Waals surface area contributed by atoms with E-state index in [9.17, 15) is 18.3 Å². The number of carbonyl (C=O) groups is 1. The second kappa shape index (κ2) is 5.60. The van der Waals surface area contributed by atoms with E-state index in [1.807, 2.05) is 0 Å². The summed E-state index contributed by atoms with van der Waals surface area (Å²) < 4.78 is 29.7. The smallest absolute Gasteiger partial charge is 0.264 e. The molecule has 0 aromatic heterocycles. The number of aliphatic hydroxyl groups is 1. The van der Waals surface area contributed by atoms with E-state index >= 15 is 0 Å². The van der Waals surface area contributed by atoms with E-state index in [1.54, 1.807) is 13.8 Å². The average molecular weight is 253 g/mol. The van der Waals surface area contributed by atoms with E-state index < -0.39 is 27.5 Å². The van der Waals surface area contributed by atoms with Crippen LogP contribution in [0.1, 0.15) is 33.6 Å². The van der Waals surface area contributed by atoms with Gasteiger partial charge in [0.15, 0.2) is 0 Å². The van der Waals surface area contributed by atoms with Crippen molar-refractivity contribution in [2.75, 3.05) is 5.75 Å². The molecule has 0 bridgehead atoms. The highest BCUT2D eigenvalue weighted by Crippen LogP contribution is 2.13. The first-order chi connectivity index (χ1) is 6.99. The van der Waals surface area contributed by atoms with Gasteiger partial charge in [0.05, 0.1) is 11.4 Å². The third-order valence-electron chi connectivity index (χ3n) is 1.88. The quantitative estimate of drug-likeness (QED) is 0.575. The molecule has 0 heterocycles. The summed E-state index contributed by atoms with van der Waals surface area (Å²) in [6, 6.07) is -0.473. The van der Waals surface area contributed by atoms with Gasteiger partial charge in [-0.25, -0.2) is 0 Å². The van der Waals surface area contributed by atoms with Crippen LogP contribution in [0.3, 0.4) is 0 Å². The van der Waals surface area contributed by atoms with E-state index in [1.165, 1.54) is 6.92 Å². The molecule has 3 N–H and O–H groups in total. The van der Waals surface area contributed by atoms with Gasteiger partial charge in [-0.15, -0.1) is 0 Å². The van der Waals surface area contributed by atoms with Crippen LogP contribution in [-0.2, 0) is 14.9 Å². The molecular formula is C9H19NO5S. The summed E-state index contributed by atoms with van der Waals surface area (Å²) in [4.78, 5) is 10.9. The molecule has 0 aliphatic heterocycles. The molecule has 0 aliphatic rings. The lowest BCUT2D eigenvalue weighted by molar-refractivity contribution is -0.120. The molecule has 0 saturated carbocycles. The van der Waals surface area contributed by atoms with Gasteiger partial charge in [-0.1, -0.05) is 0 Å². The molecule has 0 saturated heterocycles. The molecule has 1 unspecified atom stereocenters. The number of hydrogen-bond acceptors (Lipinski definition) is 4. The molecule has 96 valence electrons. The van der Waals surface area contributed by atoms with Crippen LogP contribution >= 0.6 is 0 Å². The summed E-state index contributed by atoms with van der Waals surface area (Å²) in [5.74, 6) is -0.738. The zero-order valence-electron chi connectivity index (χ0n) is 9.73. The number of hydrogen-bond donors (Lipinski definition) is 3. The van der Waals surface area contributed by atoms with Crippen molar-refractivity contribution in [3.8, 4) is 0 Å². The van der Waals surface area contributed by atoms with Crippen molar-refractivity contribution in [2.24, 2.45) is 0 Å². The van der Waals surface area contributed by atoms with Crippen molar-refractivity contribution in [3.05, 3.63) is 0 Å². The van der Waals surface area contributed by atoms with Gasteiger partial charge in [0, 0.05) is 13.0 Å². The third kappa shape index (κ3) is 9.88. The number of amides is 1. The van der Waals surface area contributed by atoms with Gasteiger partial charge >= 0.3 is 0 Å². The van der Waals surface area contributed by atoms with Gasteiger partial charge < -0.3 is 10.4 Å². The summed E-state index contributed by atoms with van der Waals surface area (Å²) in [6.07, 6.45) is 0.296. The van der Waals surface area contributed by atoms with Crippen LogP contribution in [0.5, 0.6) is 0 Å². The Hall–Kier alpha value is -0.660. The van der Waals surface area contributed by atoms with Crippen molar-refractivity contribution in [1.82, 2.24) is 5.32 Å². The van der Waals surface area contributed by atoms with E-state index in [0.717, 1.165) is 0 Å². The molecule has 0 aromatic rings. The van der Waals surface area contributed by atoms with Gasteiger partial charge in [-0.05, 0) is 26.7 Å². The van der Waals surface area contributed by atoms with Crippen LogP contribution in [0.15, 0.2) is 0 Å². The van der Waals surface area contributed by atoms with Crippen LogP contribution in [-0.4, -0.2) is 41.4 Å². The maximum absolute atomic E-state index is 10.9. The number of nitrogens with one attached hydrogen (secondary N) is 1. The van der Waals surface area contributed by atoms with Crippen LogP contribution in [0.4, 0.5) is 0 Å². The van der Waals surface area contributed by atoms with Gasteiger partial charge in [0.1, 0.15) is 0 Å². The highest BCUT2D eigenvalue weighted by Gasteiger charge is 2.22. The van der Waals surface area contributed by atoms with Gasteiger partial charge in [0.2, 0.25) is 5.91 Å². The van der Waals surface area contributed by atoms with Crippen LogP contribution in [0, 0.1) is 0 Å². The minimum atomic E-state index is -4.04. The maximum atomic E-state index is 10.9. The van der Waals surface area contributed by atoms with Crippen LogP contribution in [0.2, 0.25) is 0 Å². The lowest BCUT2D eigenvalue weighted by atomic mass is 9.97. The fourth-order valence-electron chi connectivity index (χ4n) is 1.41. The monoisotopic (exact) mass is 253 g/mol. The van der Waals surface area contributed by atoms with Gasteiger partial charge in [-0.3, -0.25) is 9.35 Å². The molecule has 16 heavy (non-hydrogen) atoms. The molecule has 0 aliphatic carbocycles. The van der Waals surface area contributed by atoms with Crippen molar-refractivity contribution < 1.29 is 22.9 Å². The molecule has 0 spiro atoms. The minimum absolute atomic E-state index is 0.0718. The SMILES string of the molecule is CC(=O)NC(CCS(=O)(=O)O)CC(C)(C)O. The molecule has 1 amide bonds. The molecule has 0 aromatic carbocycles. The van der Waals surface area contributed by atoms with Gasteiger partial charge in [-0.2, -0.15) is 8.42 Å². The number of rotatable bonds is 6. The molecular weight excluding hydrogens is 234 g/mol. The first-order valence-corrected chi connectivity index (χ1v) is 6.55. The fourth-order valence-corrected chi connectivity index (χ4v) is 1.99. The van der Waals surface area contributed by atoms with Crippen molar-refractivity contribution in [3.63, 3.8) is 0 Å². The molecule has 0 rings (SSSR count). The molecule has 0 radical (unpaired) electrons.